The van der Waals surface area contributed by atoms with E-state index in [2.05, 4.69) is 9.47 Å². The van der Waals surface area contributed by atoms with Gasteiger partial charge < -0.3 is 71.0 Å². The number of aliphatic hydroxyl groups is 6. The summed E-state index contributed by atoms with van der Waals surface area (Å²) in [6, 6.07) is -3.44. The van der Waals surface area contributed by atoms with Crippen LogP contribution < -0.4 is 11.5 Å². The van der Waals surface area contributed by atoms with E-state index in [-0.39, 0.29) is 20.5 Å². The average molecular weight is 699 g/mol. The second-order valence-electron chi connectivity index (χ2n) is 11.1. The monoisotopic (exact) mass is 698 g/mol. The Morgan fingerprint density at radius 2 is 1.13 bits per heavy atom. The summed E-state index contributed by atoms with van der Waals surface area (Å²) in [7, 11) is 0. The number of esters is 1. The largest absolute Gasteiger partial charge is 0.477 e. The zero-order valence-electron chi connectivity index (χ0n) is 25.1. The minimum Gasteiger partial charge on any atom is -0.477 e. The van der Waals surface area contributed by atoms with Gasteiger partial charge in [0.1, 0.15) is 36.0 Å². The number of hydrogen-bond donors (Lipinski definition) is 9. The van der Waals surface area contributed by atoms with E-state index in [1.165, 1.54) is 13.8 Å². The Kier molecular flexibility index (Phi) is 17.4. The lowest BCUT2D eigenvalue weighted by molar-refractivity contribution is -0.286. The van der Waals surface area contributed by atoms with Crippen molar-refractivity contribution in [3.63, 3.8) is 0 Å². The van der Waals surface area contributed by atoms with Crippen LogP contribution in [0.3, 0.4) is 0 Å². The van der Waals surface area contributed by atoms with Crippen LogP contribution in [0.5, 0.6) is 0 Å². The van der Waals surface area contributed by atoms with Crippen LogP contribution in [0.1, 0.15) is 41.0 Å². The standard InChI is InChI=1S/C14H23F2NO7.C12H19F2NO7.CH4/c1-3-23-13(22)14(16)12(15)9(17)7(4-6(2)19)11(24-14)10(21)8(20)5-18;1-4(17)2-5-7(15)10(13)12(14,11(20)21)22-9(5)8(19)6(18)3-16;/h7-12,18,20-21H,3-5,17H2,1-2H3;5-10,16,18-19H,2-3,15H2,1H3,(H,20,21);1H4/t7-,8-,9+,10-,11?,12?,14-;5-,6-,7+,8-,9?,10?,12-;/m11./s1. The van der Waals surface area contributed by atoms with Gasteiger partial charge in [-0.25, -0.2) is 18.4 Å². The Labute approximate surface area is 267 Å². The molecule has 14 atom stereocenters. The molecule has 2 saturated heterocycles. The van der Waals surface area contributed by atoms with Gasteiger partial charge in [-0.2, -0.15) is 8.78 Å². The Morgan fingerprint density at radius 1 is 0.787 bits per heavy atom. The predicted octanol–water partition coefficient (Wildman–Crippen LogP) is -2.66. The molecule has 2 heterocycles. The molecule has 47 heavy (non-hydrogen) atoms. The second-order valence-corrected chi connectivity index (χ2v) is 11.1. The predicted molar refractivity (Wildman–Crippen MR) is 150 cm³/mol. The number of ether oxygens (including phenoxy) is 3. The average Bonchev–Trinajstić information content (AvgIpc) is 2.99. The van der Waals surface area contributed by atoms with Crippen LogP contribution in [-0.2, 0) is 33.4 Å². The Balaban J connectivity index is 0.000000885. The first kappa shape index (κ1) is 44.6. The molecule has 0 amide bonds. The van der Waals surface area contributed by atoms with Crippen LogP contribution >= 0.6 is 0 Å². The summed E-state index contributed by atoms with van der Waals surface area (Å²) in [5.41, 5.74) is 11.1. The molecule has 2 rings (SSSR count). The third-order valence-electron chi connectivity index (χ3n) is 7.56. The van der Waals surface area contributed by atoms with Gasteiger partial charge in [-0.3, -0.25) is 0 Å². The molecule has 276 valence electrons. The van der Waals surface area contributed by atoms with Crippen molar-refractivity contribution in [1.82, 2.24) is 0 Å². The third kappa shape index (κ3) is 10.1. The van der Waals surface area contributed by atoms with E-state index in [1.54, 1.807) is 0 Å². The molecule has 4 unspecified atom stereocenters. The maximum atomic E-state index is 14.8. The van der Waals surface area contributed by atoms with Crippen LogP contribution in [0.25, 0.3) is 0 Å². The summed E-state index contributed by atoms with van der Waals surface area (Å²) in [4.78, 5) is 45.2. The molecule has 0 aromatic heterocycles. The van der Waals surface area contributed by atoms with E-state index >= 15 is 0 Å². The maximum Gasteiger partial charge on any atom is 0.375 e. The van der Waals surface area contributed by atoms with E-state index in [0.29, 0.717) is 0 Å². The minimum atomic E-state index is -3.83. The SMILES string of the molecule is C.CC(=O)C[C@H]1C([C@H](O)[C@H](O)CO)O[C@@](F)(C(=O)O)C(F)[C@H]1N.CCOC(=O)[C@]1(F)OC([C@H](O)[C@H](O)CO)[C@H](CC(C)=O)[C@H](N)C1F. The zero-order valence-corrected chi connectivity index (χ0v) is 25.1. The number of carbonyl (C=O) groups excluding carboxylic acids is 3. The lowest BCUT2D eigenvalue weighted by Crippen LogP contribution is -2.68. The molecule has 0 radical (unpaired) electrons. The Hall–Kier alpha value is -2.40. The summed E-state index contributed by atoms with van der Waals surface area (Å²) in [5, 5.41) is 65.4. The van der Waals surface area contributed by atoms with Gasteiger partial charge in [0.05, 0.1) is 32.0 Å². The van der Waals surface area contributed by atoms with Crippen molar-refractivity contribution in [2.24, 2.45) is 23.3 Å². The second kappa shape index (κ2) is 18.4. The molecular weight excluding hydrogens is 652 g/mol. The lowest BCUT2D eigenvalue weighted by Gasteiger charge is -2.46. The molecule has 16 nitrogen and oxygen atoms in total. The van der Waals surface area contributed by atoms with E-state index in [4.69, 9.17) is 31.5 Å². The van der Waals surface area contributed by atoms with Gasteiger partial charge in [-0.1, -0.05) is 7.43 Å². The number of aliphatic carboxylic acids is 1. The molecule has 0 aliphatic carbocycles. The first-order valence-corrected chi connectivity index (χ1v) is 14.0. The number of aliphatic hydroxyl groups excluding tert-OH is 6. The highest BCUT2D eigenvalue weighted by molar-refractivity contribution is 5.80. The van der Waals surface area contributed by atoms with E-state index < -0.39 is 128 Å². The lowest BCUT2D eigenvalue weighted by atomic mass is 9.79. The van der Waals surface area contributed by atoms with Gasteiger partial charge in [0.2, 0.25) is 0 Å². The fourth-order valence-electron chi connectivity index (χ4n) is 5.09. The fraction of sp³-hybridized carbons (Fsp3) is 0.852. The van der Waals surface area contributed by atoms with Crippen molar-refractivity contribution >= 4 is 23.5 Å². The number of rotatable bonds is 13. The maximum absolute atomic E-state index is 14.8. The normalized spacial score (nSPS) is 36.3. The number of Topliss-reactive ketones (excluding diaryl/α,β-unsaturated/α-hetero) is 2. The highest BCUT2D eigenvalue weighted by Gasteiger charge is 2.63. The number of carbonyl (C=O) groups is 4. The van der Waals surface area contributed by atoms with Gasteiger partial charge in [-0.15, -0.1) is 0 Å². The number of alkyl halides is 4. The summed E-state index contributed by atoms with van der Waals surface area (Å²) in [5.74, 6) is -14.8. The smallest absolute Gasteiger partial charge is 0.375 e. The summed E-state index contributed by atoms with van der Waals surface area (Å²) < 4.78 is 71.1. The van der Waals surface area contributed by atoms with Crippen molar-refractivity contribution in [1.29, 1.82) is 0 Å². The van der Waals surface area contributed by atoms with E-state index in [9.17, 15) is 57.2 Å². The van der Waals surface area contributed by atoms with E-state index in [0.717, 1.165) is 6.92 Å². The van der Waals surface area contributed by atoms with Crippen molar-refractivity contribution in [2.45, 2.75) is 114 Å². The highest BCUT2D eigenvalue weighted by atomic mass is 19.2. The molecule has 0 bridgehead atoms. The quantitative estimate of drug-likeness (QED) is 0.0700. The van der Waals surface area contributed by atoms with Crippen molar-refractivity contribution in [3.05, 3.63) is 0 Å². The van der Waals surface area contributed by atoms with Gasteiger partial charge in [0.15, 0.2) is 12.3 Å². The number of hydrogen-bond acceptors (Lipinski definition) is 15. The van der Waals surface area contributed by atoms with Crippen molar-refractivity contribution in [3.8, 4) is 0 Å². The Morgan fingerprint density at radius 3 is 1.43 bits per heavy atom. The van der Waals surface area contributed by atoms with Crippen LogP contribution in [-0.4, -0.2) is 152 Å². The Bertz CT molecular complexity index is 1060. The molecule has 2 aliphatic rings. The van der Waals surface area contributed by atoms with Gasteiger partial charge in [-0.05, 0) is 20.8 Å². The van der Waals surface area contributed by atoms with Crippen molar-refractivity contribution < 1.29 is 86.7 Å². The first-order chi connectivity index (χ1) is 21.2. The molecule has 20 heteroatoms. The summed E-state index contributed by atoms with van der Waals surface area (Å²) >= 11 is 0. The summed E-state index contributed by atoms with van der Waals surface area (Å²) in [6.45, 7) is 1.60. The fourth-order valence-corrected chi connectivity index (χ4v) is 5.09. The molecule has 2 aliphatic heterocycles. The molecule has 0 saturated carbocycles. The minimum absolute atomic E-state index is 0. The van der Waals surface area contributed by atoms with Crippen LogP contribution in [0, 0.1) is 11.8 Å². The molecule has 2 fully saturated rings. The van der Waals surface area contributed by atoms with Crippen LogP contribution in [0.4, 0.5) is 17.6 Å². The van der Waals surface area contributed by atoms with Gasteiger partial charge >= 0.3 is 23.6 Å². The molecule has 0 spiro atoms. The molecule has 0 aromatic rings. The zero-order chi connectivity index (χ0) is 35.9. The molecule has 11 N–H and O–H groups in total. The van der Waals surface area contributed by atoms with Gasteiger partial charge in [0.25, 0.3) is 0 Å². The number of carboxylic acid groups (broad SMARTS) is 1. The van der Waals surface area contributed by atoms with Crippen LogP contribution in [0.2, 0.25) is 0 Å². The third-order valence-corrected chi connectivity index (χ3v) is 7.56. The van der Waals surface area contributed by atoms with E-state index in [1.807, 2.05) is 0 Å². The van der Waals surface area contributed by atoms with Gasteiger partial charge in [0, 0.05) is 36.8 Å². The number of carboxylic acids is 1. The summed E-state index contributed by atoms with van der Waals surface area (Å²) in [6.07, 6.45) is -17.1. The number of ketones is 2. The number of nitrogens with two attached hydrogens (primary N) is 2. The highest BCUT2D eigenvalue weighted by Crippen LogP contribution is 2.41. The first-order valence-electron chi connectivity index (χ1n) is 14.0. The molecular formula is C27H46F4N2O14. The van der Waals surface area contributed by atoms with Crippen molar-refractivity contribution in [2.75, 3.05) is 19.8 Å². The molecule has 0 aromatic carbocycles. The topological polar surface area (TPSA) is 290 Å². The van der Waals surface area contributed by atoms with Crippen LogP contribution in [0.15, 0.2) is 0 Å². The number of halogens is 4.